The lowest BCUT2D eigenvalue weighted by molar-refractivity contribution is -0.140. The predicted molar refractivity (Wildman–Crippen MR) is 158 cm³/mol. The number of benzene rings is 3. The molecule has 0 aliphatic heterocycles. The molecule has 0 aromatic heterocycles. The van der Waals surface area contributed by atoms with E-state index in [-0.39, 0.29) is 40.5 Å². The molecule has 3 rings (SSSR count). The maximum Gasteiger partial charge on any atom is 0.264 e. The smallest absolute Gasteiger partial charge is 0.264 e. The van der Waals surface area contributed by atoms with Gasteiger partial charge in [-0.2, -0.15) is 0 Å². The standard InChI is InChI=1S/C29H32Cl2FN3O5S/c1-5-27(29(37)33-19(2)3)34(17-20-6-15-25(30)26(31)16-20)28(36)18-35(22-9-7-21(32)8-10-22)41(38,39)24-13-11-23(40-4)12-14-24/h6-16,19,27H,5,17-18H2,1-4H3,(H,33,37)/t27-/m0/s1. The van der Waals surface area contributed by atoms with E-state index in [1.807, 2.05) is 0 Å². The molecular weight excluding hydrogens is 592 g/mol. The van der Waals surface area contributed by atoms with Gasteiger partial charge >= 0.3 is 0 Å². The zero-order valence-corrected chi connectivity index (χ0v) is 25.4. The number of hydrogen-bond acceptors (Lipinski definition) is 5. The summed E-state index contributed by atoms with van der Waals surface area (Å²) in [4.78, 5) is 28.4. The van der Waals surface area contributed by atoms with Gasteiger partial charge in [-0.1, -0.05) is 36.2 Å². The van der Waals surface area contributed by atoms with E-state index in [1.165, 1.54) is 48.4 Å². The van der Waals surface area contributed by atoms with Crippen LogP contribution in [0, 0.1) is 5.82 Å². The number of nitrogens with one attached hydrogen (secondary N) is 1. The van der Waals surface area contributed by atoms with E-state index in [0.29, 0.717) is 16.3 Å². The van der Waals surface area contributed by atoms with Gasteiger partial charge in [0.05, 0.1) is 27.7 Å². The van der Waals surface area contributed by atoms with Crippen LogP contribution in [0.15, 0.2) is 71.6 Å². The van der Waals surface area contributed by atoms with Crippen LogP contribution in [0.1, 0.15) is 32.8 Å². The maximum absolute atomic E-state index is 14.0. The molecule has 1 atom stereocenters. The van der Waals surface area contributed by atoms with E-state index in [1.54, 1.807) is 39.0 Å². The molecule has 0 unspecified atom stereocenters. The molecule has 0 fully saturated rings. The van der Waals surface area contributed by atoms with Crippen LogP contribution in [-0.4, -0.2) is 50.9 Å². The molecule has 0 spiro atoms. The number of carbonyl (C=O) groups is 2. The molecule has 3 aromatic carbocycles. The highest BCUT2D eigenvalue weighted by atomic mass is 35.5. The number of sulfonamides is 1. The molecule has 0 radical (unpaired) electrons. The van der Waals surface area contributed by atoms with Crippen molar-refractivity contribution in [2.75, 3.05) is 18.0 Å². The van der Waals surface area contributed by atoms with Gasteiger partial charge in [-0.05, 0) is 86.5 Å². The zero-order valence-electron chi connectivity index (χ0n) is 23.1. The van der Waals surface area contributed by atoms with Crippen molar-refractivity contribution in [3.63, 3.8) is 0 Å². The first kappa shape index (κ1) is 32.2. The Kier molecular flexibility index (Phi) is 11.0. The first-order chi connectivity index (χ1) is 19.4. The Balaban J connectivity index is 2.07. The fourth-order valence-electron chi connectivity index (χ4n) is 4.15. The fraction of sp³-hybridized carbons (Fsp3) is 0.310. The van der Waals surface area contributed by atoms with Crippen LogP contribution < -0.4 is 14.4 Å². The number of methoxy groups -OCH3 is 1. The summed E-state index contributed by atoms with van der Waals surface area (Å²) in [6.45, 7) is 4.65. The average molecular weight is 625 g/mol. The minimum atomic E-state index is -4.31. The van der Waals surface area contributed by atoms with Crippen molar-refractivity contribution < 1.29 is 27.1 Å². The summed E-state index contributed by atoms with van der Waals surface area (Å²) in [7, 11) is -2.86. The molecule has 0 saturated heterocycles. The molecule has 0 saturated carbocycles. The maximum atomic E-state index is 14.0. The summed E-state index contributed by atoms with van der Waals surface area (Å²) in [6, 6.07) is 14.2. The lowest BCUT2D eigenvalue weighted by atomic mass is 10.1. The third-order valence-electron chi connectivity index (χ3n) is 6.19. The van der Waals surface area contributed by atoms with Crippen LogP contribution in [0.2, 0.25) is 10.0 Å². The summed E-state index contributed by atoms with van der Waals surface area (Å²) in [5.74, 6) is -1.16. The second-order valence-electron chi connectivity index (χ2n) is 9.52. The first-order valence-corrected chi connectivity index (χ1v) is 15.0. The van der Waals surface area contributed by atoms with Gasteiger partial charge in [0.25, 0.3) is 10.0 Å². The molecule has 3 aromatic rings. The molecule has 220 valence electrons. The van der Waals surface area contributed by atoms with Gasteiger partial charge < -0.3 is 15.0 Å². The average Bonchev–Trinajstić information content (AvgIpc) is 2.93. The topological polar surface area (TPSA) is 96.0 Å². The minimum Gasteiger partial charge on any atom is -0.497 e. The largest absolute Gasteiger partial charge is 0.497 e. The van der Waals surface area contributed by atoms with Gasteiger partial charge in [0, 0.05) is 12.6 Å². The van der Waals surface area contributed by atoms with E-state index in [4.69, 9.17) is 27.9 Å². The van der Waals surface area contributed by atoms with Crippen molar-refractivity contribution in [2.45, 2.75) is 50.7 Å². The SMILES string of the molecule is CC[C@@H](C(=O)NC(C)C)N(Cc1ccc(Cl)c(Cl)c1)C(=O)CN(c1ccc(F)cc1)S(=O)(=O)c1ccc(OC)cc1. The van der Waals surface area contributed by atoms with Gasteiger partial charge in [-0.3, -0.25) is 13.9 Å². The van der Waals surface area contributed by atoms with Crippen LogP contribution in [0.25, 0.3) is 0 Å². The summed E-state index contributed by atoms with van der Waals surface area (Å²) in [6.07, 6.45) is 0.257. The Morgan fingerprint density at radius 2 is 1.61 bits per heavy atom. The number of carbonyl (C=O) groups excluding carboxylic acids is 2. The number of hydrogen-bond donors (Lipinski definition) is 1. The summed E-state index contributed by atoms with van der Waals surface area (Å²) in [5.41, 5.74) is 0.666. The molecule has 8 nitrogen and oxygen atoms in total. The molecule has 0 aliphatic carbocycles. The van der Waals surface area contributed by atoms with Gasteiger partial charge in [-0.25, -0.2) is 12.8 Å². The molecule has 0 aliphatic rings. The van der Waals surface area contributed by atoms with Crippen molar-refractivity contribution in [1.82, 2.24) is 10.2 Å². The summed E-state index contributed by atoms with van der Waals surface area (Å²) in [5, 5.41) is 3.42. The van der Waals surface area contributed by atoms with E-state index >= 15 is 0 Å². The van der Waals surface area contributed by atoms with E-state index in [9.17, 15) is 22.4 Å². The number of nitrogens with zero attached hydrogens (tertiary/aromatic N) is 2. The van der Waals surface area contributed by atoms with Crippen molar-refractivity contribution in [3.05, 3.63) is 88.2 Å². The molecule has 2 amide bonds. The van der Waals surface area contributed by atoms with Gasteiger partial charge in [0.1, 0.15) is 24.2 Å². The monoisotopic (exact) mass is 623 g/mol. The van der Waals surface area contributed by atoms with Crippen LogP contribution in [0.3, 0.4) is 0 Å². The van der Waals surface area contributed by atoms with Crippen LogP contribution in [0.4, 0.5) is 10.1 Å². The molecule has 12 heteroatoms. The quantitative estimate of drug-likeness (QED) is 0.280. The van der Waals surface area contributed by atoms with E-state index in [0.717, 1.165) is 16.4 Å². The fourth-order valence-corrected chi connectivity index (χ4v) is 5.88. The second kappa shape index (κ2) is 14.0. The Bertz CT molecular complexity index is 1470. The van der Waals surface area contributed by atoms with E-state index in [2.05, 4.69) is 5.32 Å². The Labute approximate surface area is 250 Å². The Morgan fingerprint density at radius 1 is 0.976 bits per heavy atom. The van der Waals surface area contributed by atoms with Gasteiger partial charge in [0.2, 0.25) is 11.8 Å². The van der Waals surface area contributed by atoms with E-state index < -0.39 is 34.3 Å². The second-order valence-corrected chi connectivity index (χ2v) is 12.2. The van der Waals surface area contributed by atoms with Crippen LogP contribution in [-0.2, 0) is 26.2 Å². The lowest BCUT2D eigenvalue weighted by Crippen LogP contribution is -2.53. The molecule has 0 heterocycles. The minimum absolute atomic E-state index is 0.0421. The number of anilines is 1. The van der Waals surface area contributed by atoms with Crippen molar-refractivity contribution in [3.8, 4) is 5.75 Å². The van der Waals surface area contributed by atoms with Crippen molar-refractivity contribution in [2.24, 2.45) is 0 Å². The normalized spacial score (nSPS) is 12.1. The number of amides is 2. The summed E-state index contributed by atoms with van der Waals surface area (Å²) >= 11 is 12.3. The zero-order chi connectivity index (χ0) is 30.3. The molecule has 41 heavy (non-hydrogen) atoms. The molecular formula is C29H32Cl2FN3O5S. The highest BCUT2D eigenvalue weighted by molar-refractivity contribution is 7.92. The molecule has 1 N–H and O–H groups in total. The highest BCUT2D eigenvalue weighted by Crippen LogP contribution is 2.27. The highest BCUT2D eigenvalue weighted by Gasteiger charge is 2.34. The number of rotatable bonds is 12. The lowest BCUT2D eigenvalue weighted by Gasteiger charge is -2.33. The van der Waals surface area contributed by atoms with Crippen LogP contribution >= 0.6 is 23.2 Å². The number of ether oxygens (including phenoxy) is 1. The summed E-state index contributed by atoms with van der Waals surface area (Å²) < 4.78 is 47.5. The van der Waals surface area contributed by atoms with Crippen LogP contribution in [0.5, 0.6) is 5.75 Å². The Hall–Kier alpha value is -3.34. The predicted octanol–water partition coefficient (Wildman–Crippen LogP) is 5.67. The van der Waals surface area contributed by atoms with Crippen molar-refractivity contribution in [1.29, 1.82) is 0 Å². The van der Waals surface area contributed by atoms with Crippen molar-refractivity contribution >= 4 is 50.7 Å². The first-order valence-electron chi connectivity index (χ1n) is 12.8. The third kappa shape index (κ3) is 8.12. The number of halogens is 3. The Morgan fingerprint density at radius 3 is 2.15 bits per heavy atom. The third-order valence-corrected chi connectivity index (χ3v) is 8.72. The van der Waals surface area contributed by atoms with Gasteiger partial charge in [-0.15, -0.1) is 0 Å². The molecule has 0 bridgehead atoms. The van der Waals surface area contributed by atoms with Gasteiger partial charge in [0.15, 0.2) is 0 Å².